The molecule has 130 valence electrons. The summed E-state index contributed by atoms with van der Waals surface area (Å²) in [7, 11) is -3.44. The van der Waals surface area contributed by atoms with Gasteiger partial charge in [0.2, 0.25) is 0 Å². The standard InChI is InChI=1S/C19H21N2O3S/c1-25(22,23)21(13-5-6-16(14-20)15-21)17-9-11-19(12-10-17)24-18-7-3-2-4-8-18/h2-12,15H,13-14,20H2,1H3/q+1. The van der Waals surface area contributed by atoms with Crippen LogP contribution >= 0.6 is 0 Å². The van der Waals surface area contributed by atoms with Crippen LogP contribution in [0.2, 0.25) is 0 Å². The first-order valence-corrected chi connectivity index (χ1v) is 9.79. The lowest BCUT2D eigenvalue weighted by atomic mass is 10.2. The number of quaternary nitrogens is 1. The Labute approximate surface area is 148 Å². The molecule has 0 spiro atoms. The largest absolute Gasteiger partial charge is 0.457 e. The molecule has 1 heterocycles. The van der Waals surface area contributed by atoms with Crippen LogP contribution < -0.4 is 14.4 Å². The molecule has 1 atom stereocenters. The molecular formula is C19H21N2O3S+. The van der Waals surface area contributed by atoms with Crippen LogP contribution in [-0.2, 0) is 10.0 Å². The summed E-state index contributed by atoms with van der Waals surface area (Å²) >= 11 is 0. The molecule has 5 nitrogen and oxygen atoms in total. The molecule has 0 aromatic heterocycles. The predicted octanol–water partition coefficient (Wildman–Crippen LogP) is 3.16. The van der Waals surface area contributed by atoms with E-state index in [9.17, 15) is 8.42 Å². The molecule has 0 bridgehead atoms. The zero-order chi connectivity index (χ0) is 17.9. The highest BCUT2D eigenvalue weighted by Crippen LogP contribution is 2.33. The van der Waals surface area contributed by atoms with E-state index < -0.39 is 10.0 Å². The minimum atomic E-state index is -3.44. The van der Waals surface area contributed by atoms with E-state index in [0.717, 1.165) is 11.3 Å². The van der Waals surface area contributed by atoms with Gasteiger partial charge in [-0.25, -0.2) is 0 Å². The minimum Gasteiger partial charge on any atom is -0.457 e. The summed E-state index contributed by atoms with van der Waals surface area (Å²) in [5.41, 5.74) is 7.16. The van der Waals surface area contributed by atoms with Gasteiger partial charge >= 0.3 is 10.0 Å². The Balaban J connectivity index is 1.96. The molecule has 25 heavy (non-hydrogen) atoms. The fraction of sp³-hybridized carbons (Fsp3) is 0.158. The van der Waals surface area contributed by atoms with E-state index in [1.807, 2.05) is 42.5 Å². The average molecular weight is 357 g/mol. The molecule has 0 saturated heterocycles. The molecule has 1 unspecified atom stereocenters. The summed E-state index contributed by atoms with van der Waals surface area (Å²) in [5.74, 6) is 1.38. The number of nitrogens with two attached hydrogens (primary N) is 1. The lowest BCUT2D eigenvalue weighted by molar-refractivity contribution is 0.481. The maximum Gasteiger partial charge on any atom is 0.303 e. The number of hydrogen-bond donors (Lipinski definition) is 1. The molecule has 1 aliphatic heterocycles. The monoisotopic (exact) mass is 357 g/mol. The molecule has 0 radical (unpaired) electrons. The van der Waals surface area contributed by atoms with Crippen molar-refractivity contribution >= 4 is 15.7 Å². The first-order chi connectivity index (χ1) is 11.9. The van der Waals surface area contributed by atoms with E-state index >= 15 is 0 Å². The van der Waals surface area contributed by atoms with Gasteiger partial charge in [0.05, 0.1) is 6.26 Å². The van der Waals surface area contributed by atoms with E-state index in [4.69, 9.17) is 10.5 Å². The highest BCUT2D eigenvalue weighted by atomic mass is 32.2. The molecular weight excluding hydrogens is 336 g/mol. The summed E-state index contributed by atoms with van der Waals surface area (Å²) in [6.07, 6.45) is 6.67. The van der Waals surface area contributed by atoms with Crippen molar-refractivity contribution in [1.29, 1.82) is 0 Å². The topological polar surface area (TPSA) is 69.4 Å². The molecule has 1 aliphatic rings. The van der Waals surface area contributed by atoms with Crippen molar-refractivity contribution in [3.63, 3.8) is 0 Å². The molecule has 0 fully saturated rings. The SMILES string of the molecule is CS(=O)(=O)[N+]1(c2ccc(Oc3ccccc3)cc2)C=C(CN)C=CC1. The molecule has 6 heteroatoms. The fourth-order valence-corrected chi connectivity index (χ4v) is 4.03. The molecule has 2 N–H and O–H groups in total. The van der Waals surface area contributed by atoms with Gasteiger partial charge in [0.25, 0.3) is 0 Å². The fourth-order valence-electron chi connectivity index (χ4n) is 2.84. The number of rotatable bonds is 5. The number of hydrogen-bond acceptors (Lipinski definition) is 4. The van der Waals surface area contributed by atoms with Crippen LogP contribution in [0.3, 0.4) is 0 Å². The second-order valence-corrected chi connectivity index (χ2v) is 8.05. The number of para-hydroxylation sites is 1. The Morgan fingerprint density at radius 1 is 1.04 bits per heavy atom. The van der Waals surface area contributed by atoms with Crippen LogP contribution in [0.5, 0.6) is 11.5 Å². The van der Waals surface area contributed by atoms with Crippen LogP contribution in [0.25, 0.3) is 0 Å². The van der Waals surface area contributed by atoms with Gasteiger partial charge in [-0.05, 0) is 30.3 Å². The predicted molar refractivity (Wildman–Crippen MR) is 101 cm³/mol. The van der Waals surface area contributed by atoms with Crippen LogP contribution in [-0.4, -0.2) is 27.8 Å². The zero-order valence-corrected chi connectivity index (χ0v) is 14.8. The number of sulfonamides is 1. The second kappa shape index (κ2) is 6.84. The first kappa shape index (κ1) is 17.4. The first-order valence-electron chi connectivity index (χ1n) is 7.94. The number of ether oxygens (including phenoxy) is 1. The quantitative estimate of drug-likeness (QED) is 0.835. The zero-order valence-electron chi connectivity index (χ0n) is 14.0. The second-order valence-electron chi connectivity index (χ2n) is 5.93. The molecule has 2 aromatic carbocycles. The van der Waals surface area contributed by atoms with Crippen molar-refractivity contribution in [3.8, 4) is 11.5 Å². The summed E-state index contributed by atoms with van der Waals surface area (Å²) < 4.78 is 30.6. The molecule has 2 aromatic rings. The van der Waals surface area contributed by atoms with E-state index in [1.165, 1.54) is 6.26 Å². The summed E-state index contributed by atoms with van der Waals surface area (Å²) in [6, 6.07) is 16.6. The average Bonchev–Trinajstić information content (AvgIpc) is 2.62. The van der Waals surface area contributed by atoms with E-state index in [2.05, 4.69) is 0 Å². The van der Waals surface area contributed by atoms with Crippen molar-refractivity contribution in [1.82, 2.24) is 3.89 Å². The van der Waals surface area contributed by atoms with Crippen molar-refractivity contribution in [2.24, 2.45) is 5.73 Å². The summed E-state index contributed by atoms with van der Waals surface area (Å²) in [6.45, 7) is 0.627. The smallest absolute Gasteiger partial charge is 0.303 e. The van der Waals surface area contributed by atoms with Crippen molar-refractivity contribution < 1.29 is 13.2 Å². The van der Waals surface area contributed by atoms with Gasteiger partial charge in [0, 0.05) is 24.3 Å². The van der Waals surface area contributed by atoms with Crippen molar-refractivity contribution in [2.75, 3.05) is 19.3 Å². The van der Waals surface area contributed by atoms with Gasteiger partial charge in [-0.2, -0.15) is 12.3 Å². The Bertz CT molecular complexity index is 903. The Morgan fingerprint density at radius 2 is 1.68 bits per heavy atom. The van der Waals surface area contributed by atoms with Gasteiger partial charge in [0.1, 0.15) is 24.2 Å². The highest BCUT2D eigenvalue weighted by molar-refractivity contribution is 7.90. The van der Waals surface area contributed by atoms with Crippen LogP contribution in [0.15, 0.2) is 78.5 Å². The van der Waals surface area contributed by atoms with Crippen LogP contribution in [0.1, 0.15) is 0 Å². The highest BCUT2D eigenvalue weighted by Gasteiger charge is 2.40. The summed E-state index contributed by atoms with van der Waals surface area (Å²) in [5, 5.41) is 0. The van der Waals surface area contributed by atoms with Crippen LogP contribution in [0.4, 0.5) is 5.69 Å². The van der Waals surface area contributed by atoms with Gasteiger partial charge in [0.15, 0.2) is 5.69 Å². The Morgan fingerprint density at radius 3 is 2.28 bits per heavy atom. The van der Waals surface area contributed by atoms with Crippen molar-refractivity contribution in [2.45, 2.75) is 0 Å². The van der Waals surface area contributed by atoms with Crippen LogP contribution in [0, 0.1) is 0 Å². The maximum absolute atomic E-state index is 12.6. The Kier molecular flexibility index (Phi) is 4.76. The third-order valence-corrected chi connectivity index (χ3v) is 5.81. The van der Waals surface area contributed by atoms with Gasteiger partial charge in [-0.15, -0.1) is 0 Å². The molecule has 0 saturated carbocycles. The summed E-state index contributed by atoms with van der Waals surface area (Å²) in [4.78, 5) is 0. The van der Waals surface area contributed by atoms with Gasteiger partial charge < -0.3 is 10.5 Å². The molecule has 0 amide bonds. The maximum atomic E-state index is 12.6. The number of nitrogens with zero attached hydrogens (tertiary/aromatic N) is 1. The van der Waals surface area contributed by atoms with Gasteiger partial charge in [-0.3, -0.25) is 0 Å². The van der Waals surface area contributed by atoms with E-state index in [-0.39, 0.29) is 3.89 Å². The molecule has 0 aliphatic carbocycles. The van der Waals surface area contributed by atoms with Crippen molar-refractivity contribution in [3.05, 3.63) is 78.5 Å². The lowest BCUT2D eigenvalue weighted by Gasteiger charge is -2.33. The Hall–Kier alpha value is -2.41. The third-order valence-electron chi connectivity index (χ3n) is 4.16. The van der Waals surface area contributed by atoms with Gasteiger partial charge in [-0.1, -0.05) is 24.3 Å². The minimum absolute atomic E-state index is 0.276. The normalized spacial score (nSPS) is 20.2. The lowest BCUT2D eigenvalue weighted by Crippen LogP contribution is -2.50. The molecule has 3 rings (SSSR count). The van der Waals surface area contributed by atoms with E-state index in [1.54, 1.807) is 30.5 Å². The third kappa shape index (κ3) is 3.51. The number of benzene rings is 2. The van der Waals surface area contributed by atoms with E-state index in [0.29, 0.717) is 24.5 Å².